The summed E-state index contributed by atoms with van der Waals surface area (Å²) in [6, 6.07) is 55.3. The van der Waals surface area contributed by atoms with Crippen LogP contribution in [0.1, 0.15) is 23.7 Å². The number of fused-ring (bicyclic) bond motifs is 6. The van der Waals surface area contributed by atoms with Gasteiger partial charge in [0.25, 0.3) is 0 Å². The first kappa shape index (κ1) is 29.3. The topological polar surface area (TPSA) is 48.5 Å². The highest BCUT2D eigenvalue weighted by Gasteiger charge is 2.32. The number of benzene rings is 6. The zero-order chi connectivity index (χ0) is 33.9. The van der Waals surface area contributed by atoms with Gasteiger partial charge in [0.15, 0.2) is 11.6 Å². The number of hydrogen-bond donors (Lipinski definition) is 0. The molecule has 0 fully saturated rings. The SMILES string of the molecule is CC1(c2ccc3c(c2)c2ccccc2n3-c2nc(-c3ccccc3)nc(-c3ccccc3)n2)C=Cc2c(n(-c3ccccc3)c3ccccc23)C1. The van der Waals surface area contributed by atoms with E-state index in [0.717, 1.165) is 28.6 Å². The van der Waals surface area contributed by atoms with Gasteiger partial charge in [-0.1, -0.05) is 140 Å². The van der Waals surface area contributed by atoms with E-state index >= 15 is 0 Å². The molecule has 1 atom stereocenters. The Morgan fingerprint density at radius 2 is 1.06 bits per heavy atom. The van der Waals surface area contributed by atoms with E-state index in [2.05, 4.69) is 125 Å². The highest BCUT2D eigenvalue weighted by Crippen LogP contribution is 2.43. The summed E-state index contributed by atoms with van der Waals surface area (Å²) < 4.78 is 4.64. The zero-order valence-corrected chi connectivity index (χ0v) is 28.1. The maximum Gasteiger partial charge on any atom is 0.238 e. The lowest BCUT2D eigenvalue weighted by Crippen LogP contribution is -2.26. The van der Waals surface area contributed by atoms with Crippen molar-refractivity contribution in [3.05, 3.63) is 181 Å². The highest BCUT2D eigenvalue weighted by atomic mass is 15.2. The molecular weight excluding hydrogens is 623 g/mol. The monoisotopic (exact) mass is 655 g/mol. The van der Waals surface area contributed by atoms with Gasteiger partial charge in [-0.25, -0.2) is 4.98 Å². The Bertz CT molecular complexity index is 2720. The van der Waals surface area contributed by atoms with Gasteiger partial charge in [-0.3, -0.25) is 4.57 Å². The van der Waals surface area contributed by atoms with E-state index < -0.39 is 0 Å². The summed E-state index contributed by atoms with van der Waals surface area (Å²) >= 11 is 0. The molecule has 0 spiro atoms. The molecule has 10 rings (SSSR count). The fourth-order valence-corrected chi connectivity index (χ4v) is 7.86. The third-order valence-electron chi connectivity index (χ3n) is 10.4. The molecule has 9 aromatic rings. The number of aromatic nitrogens is 5. The van der Waals surface area contributed by atoms with Crippen LogP contribution >= 0.6 is 0 Å². The van der Waals surface area contributed by atoms with Gasteiger partial charge < -0.3 is 4.57 Å². The number of nitrogens with zero attached hydrogens (tertiary/aromatic N) is 5. The van der Waals surface area contributed by atoms with E-state index in [1.807, 2.05) is 60.7 Å². The van der Waals surface area contributed by atoms with E-state index in [1.54, 1.807) is 0 Å². The second-order valence-electron chi connectivity index (χ2n) is 13.6. The summed E-state index contributed by atoms with van der Waals surface area (Å²) in [5.74, 6) is 1.89. The average molecular weight is 656 g/mol. The van der Waals surface area contributed by atoms with Crippen LogP contribution in [0, 0.1) is 0 Å². The third-order valence-corrected chi connectivity index (χ3v) is 10.4. The van der Waals surface area contributed by atoms with Crippen LogP contribution < -0.4 is 0 Å². The molecule has 242 valence electrons. The van der Waals surface area contributed by atoms with Crippen LogP contribution in [0.4, 0.5) is 0 Å². The Morgan fingerprint density at radius 1 is 0.510 bits per heavy atom. The number of para-hydroxylation sites is 3. The first-order valence-corrected chi connectivity index (χ1v) is 17.4. The van der Waals surface area contributed by atoms with Crippen molar-refractivity contribution in [2.45, 2.75) is 18.8 Å². The lowest BCUT2D eigenvalue weighted by Gasteiger charge is -2.31. The van der Waals surface area contributed by atoms with Crippen LogP contribution in [-0.4, -0.2) is 24.1 Å². The van der Waals surface area contributed by atoms with Gasteiger partial charge in [-0.05, 0) is 42.0 Å². The minimum atomic E-state index is -0.223. The smallest absolute Gasteiger partial charge is 0.238 e. The second-order valence-corrected chi connectivity index (χ2v) is 13.6. The molecule has 0 radical (unpaired) electrons. The van der Waals surface area contributed by atoms with Crippen molar-refractivity contribution in [3.63, 3.8) is 0 Å². The van der Waals surface area contributed by atoms with Crippen molar-refractivity contribution in [2.24, 2.45) is 0 Å². The van der Waals surface area contributed by atoms with Crippen LogP contribution in [0.2, 0.25) is 0 Å². The molecule has 5 heteroatoms. The van der Waals surface area contributed by atoms with E-state index in [0.29, 0.717) is 17.6 Å². The molecule has 0 saturated carbocycles. The molecule has 5 nitrogen and oxygen atoms in total. The van der Waals surface area contributed by atoms with Gasteiger partial charge in [0.2, 0.25) is 5.95 Å². The normalized spacial score (nSPS) is 15.5. The first-order chi connectivity index (χ1) is 25.1. The molecule has 3 heterocycles. The lowest BCUT2D eigenvalue weighted by molar-refractivity contribution is 0.573. The summed E-state index contributed by atoms with van der Waals surface area (Å²) in [5, 5.41) is 3.63. The quantitative estimate of drug-likeness (QED) is 0.185. The Balaban J connectivity index is 1.15. The second kappa shape index (κ2) is 11.5. The summed E-state index contributed by atoms with van der Waals surface area (Å²) in [7, 11) is 0. The van der Waals surface area contributed by atoms with Crippen molar-refractivity contribution in [2.75, 3.05) is 0 Å². The fraction of sp³-hybridized carbons (Fsp3) is 0.0652. The minimum absolute atomic E-state index is 0.223. The van der Waals surface area contributed by atoms with Gasteiger partial charge in [-0.15, -0.1) is 0 Å². The van der Waals surface area contributed by atoms with E-state index in [-0.39, 0.29) is 5.41 Å². The molecule has 51 heavy (non-hydrogen) atoms. The number of hydrogen-bond acceptors (Lipinski definition) is 3. The maximum atomic E-state index is 5.11. The van der Waals surface area contributed by atoms with Gasteiger partial charge >= 0.3 is 0 Å². The predicted molar refractivity (Wildman–Crippen MR) is 208 cm³/mol. The average Bonchev–Trinajstić information content (AvgIpc) is 3.70. The number of rotatable bonds is 5. The molecule has 3 aromatic heterocycles. The van der Waals surface area contributed by atoms with Crippen LogP contribution in [-0.2, 0) is 11.8 Å². The highest BCUT2D eigenvalue weighted by molar-refractivity contribution is 6.09. The molecule has 1 aliphatic carbocycles. The van der Waals surface area contributed by atoms with Crippen molar-refractivity contribution in [1.82, 2.24) is 24.1 Å². The lowest BCUT2D eigenvalue weighted by atomic mass is 9.74. The zero-order valence-electron chi connectivity index (χ0n) is 28.1. The molecule has 0 bridgehead atoms. The van der Waals surface area contributed by atoms with Crippen molar-refractivity contribution >= 4 is 38.8 Å². The molecule has 1 unspecified atom stereocenters. The molecule has 1 aliphatic rings. The Hall–Kier alpha value is -6.59. The Kier molecular flexibility index (Phi) is 6.61. The van der Waals surface area contributed by atoms with Crippen molar-refractivity contribution in [1.29, 1.82) is 0 Å². The van der Waals surface area contributed by atoms with E-state index in [1.165, 1.54) is 44.2 Å². The summed E-state index contributed by atoms with van der Waals surface area (Å²) in [6.45, 7) is 2.37. The van der Waals surface area contributed by atoms with E-state index in [4.69, 9.17) is 15.0 Å². The standard InChI is InChI=1S/C46H33N5/c1-46(28-27-37-35-21-11-13-23-39(35)50(42(37)30-46)34-19-9-4-10-20-34)33-25-26-41-38(29-33)36-22-12-14-24-40(36)51(41)45-48-43(31-15-5-2-6-16-31)47-44(49-45)32-17-7-3-8-18-32/h2-29H,30H2,1H3. The summed E-state index contributed by atoms with van der Waals surface area (Å²) in [4.78, 5) is 15.2. The molecule has 0 saturated heterocycles. The van der Waals surface area contributed by atoms with Gasteiger partial charge in [0, 0.05) is 56.1 Å². The maximum absolute atomic E-state index is 5.11. The van der Waals surface area contributed by atoms with Crippen molar-refractivity contribution in [3.8, 4) is 34.4 Å². The van der Waals surface area contributed by atoms with E-state index in [9.17, 15) is 0 Å². The van der Waals surface area contributed by atoms with Gasteiger partial charge in [0.1, 0.15) is 0 Å². The largest absolute Gasteiger partial charge is 0.313 e. The minimum Gasteiger partial charge on any atom is -0.313 e. The van der Waals surface area contributed by atoms with Crippen LogP contribution in [0.15, 0.2) is 164 Å². The fourth-order valence-electron chi connectivity index (χ4n) is 7.86. The van der Waals surface area contributed by atoms with Crippen LogP contribution in [0.3, 0.4) is 0 Å². The van der Waals surface area contributed by atoms with Gasteiger partial charge in [-0.2, -0.15) is 9.97 Å². The van der Waals surface area contributed by atoms with Crippen molar-refractivity contribution < 1.29 is 0 Å². The molecular formula is C46H33N5. The van der Waals surface area contributed by atoms with Crippen LogP contribution in [0.5, 0.6) is 0 Å². The first-order valence-electron chi connectivity index (χ1n) is 17.4. The molecule has 0 amide bonds. The van der Waals surface area contributed by atoms with Crippen LogP contribution in [0.25, 0.3) is 73.2 Å². The summed E-state index contributed by atoms with van der Waals surface area (Å²) in [6.07, 6.45) is 5.62. The molecule has 0 N–H and O–H groups in total. The summed E-state index contributed by atoms with van der Waals surface area (Å²) in [5.41, 5.74) is 10.1. The Morgan fingerprint density at radius 3 is 1.73 bits per heavy atom. The van der Waals surface area contributed by atoms with Gasteiger partial charge in [0.05, 0.1) is 16.6 Å². The molecule has 6 aromatic carbocycles. The molecule has 0 aliphatic heterocycles. The number of allylic oxidation sites excluding steroid dienone is 1. The predicted octanol–water partition coefficient (Wildman–Crippen LogP) is 10.8. The third kappa shape index (κ3) is 4.73. The Labute approximate surface area is 295 Å².